The van der Waals surface area contributed by atoms with Crippen molar-refractivity contribution in [2.75, 3.05) is 16.4 Å². The lowest BCUT2D eigenvalue weighted by molar-refractivity contribution is 0.0360. The van der Waals surface area contributed by atoms with Gasteiger partial charge in [-0.3, -0.25) is 5.32 Å². The van der Waals surface area contributed by atoms with E-state index < -0.39 is 29.1 Å². The van der Waals surface area contributed by atoms with Gasteiger partial charge in [-0.15, -0.1) is 10.2 Å². The summed E-state index contributed by atoms with van der Waals surface area (Å²) in [4.78, 5) is 15.9. The van der Waals surface area contributed by atoms with Gasteiger partial charge in [0.25, 0.3) is 0 Å². The molecule has 0 aliphatic heterocycles. The first-order chi connectivity index (χ1) is 16.3. The van der Waals surface area contributed by atoms with Crippen LogP contribution in [0, 0.1) is 17.5 Å². The number of carbonyl (C=O) groups excluding carboxylic acids is 1. The Morgan fingerprint density at radius 3 is 2.56 bits per heavy atom. The Labute approximate surface area is 199 Å². The first kappa shape index (κ1) is 23.7. The number of benzene rings is 2. The van der Waals surface area contributed by atoms with Gasteiger partial charge >= 0.3 is 6.03 Å². The molecule has 0 bridgehead atoms. The van der Waals surface area contributed by atoms with Gasteiger partial charge in [-0.1, -0.05) is 29.2 Å². The van der Waals surface area contributed by atoms with Crippen molar-refractivity contribution >= 4 is 39.9 Å². The molecule has 0 saturated carbocycles. The molecule has 0 radical (unpaired) electrons. The van der Waals surface area contributed by atoms with Crippen LogP contribution in [0.2, 0.25) is 0 Å². The molecular weight excluding hydrogens is 491 g/mol. The number of amides is 2. The summed E-state index contributed by atoms with van der Waals surface area (Å²) in [5.74, 6) is -2.18. The number of hydrogen-bond acceptors (Lipinski definition) is 8. The predicted octanol–water partition coefficient (Wildman–Crippen LogP) is 3.87. The topological polar surface area (TPSA) is 118 Å². The lowest BCUT2D eigenvalue weighted by Crippen LogP contribution is -2.35. The highest BCUT2D eigenvalue weighted by Crippen LogP contribution is 2.35. The number of nitrogens with zero attached hydrogens (tertiary/aromatic N) is 5. The van der Waals surface area contributed by atoms with Gasteiger partial charge in [0.15, 0.2) is 4.34 Å². The van der Waals surface area contributed by atoms with Crippen molar-refractivity contribution in [2.45, 2.75) is 16.5 Å². The summed E-state index contributed by atoms with van der Waals surface area (Å²) >= 11 is 2.10. The van der Waals surface area contributed by atoms with Crippen LogP contribution in [0.25, 0.3) is 0 Å². The average molecular weight is 508 g/mol. The van der Waals surface area contributed by atoms with Crippen molar-refractivity contribution < 1.29 is 23.1 Å². The Bertz CT molecular complexity index is 1270. The third-order valence-corrected chi connectivity index (χ3v) is 6.67. The molecule has 14 heteroatoms. The first-order valence-corrected chi connectivity index (χ1v) is 11.4. The molecule has 2 aromatic heterocycles. The fourth-order valence-electron chi connectivity index (χ4n) is 2.95. The fraction of sp³-hybridized carbons (Fsp3) is 0.150. The number of nitrogens with one attached hydrogen (secondary N) is 2. The molecule has 4 rings (SSSR count). The highest BCUT2D eigenvalue weighted by atomic mass is 32.2. The van der Waals surface area contributed by atoms with E-state index in [4.69, 9.17) is 0 Å². The highest BCUT2D eigenvalue weighted by Gasteiger charge is 2.34. The second-order valence-corrected chi connectivity index (χ2v) is 9.20. The van der Waals surface area contributed by atoms with E-state index in [1.54, 1.807) is 0 Å². The molecule has 0 aliphatic carbocycles. The van der Waals surface area contributed by atoms with E-state index in [-0.39, 0.29) is 23.0 Å². The zero-order chi connectivity index (χ0) is 24.1. The highest BCUT2D eigenvalue weighted by molar-refractivity contribution is 8.01. The number of hydrogen-bond donors (Lipinski definition) is 3. The largest absolute Gasteiger partial charge is 0.382 e. The fourth-order valence-corrected chi connectivity index (χ4v) is 4.78. The lowest BCUT2D eigenvalue weighted by atomic mass is 9.95. The maximum atomic E-state index is 14.5. The zero-order valence-electron chi connectivity index (χ0n) is 17.2. The van der Waals surface area contributed by atoms with E-state index in [1.807, 2.05) is 0 Å². The zero-order valence-corrected chi connectivity index (χ0v) is 18.8. The molecule has 176 valence electrons. The molecule has 0 aliphatic rings. The van der Waals surface area contributed by atoms with Crippen molar-refractivity contribution in [1.29, 1.82) is 0 Å². The number of thioether (sulfide) groups is 1. The van der Waals surface area contributed by atoms with Crippen LogP contribution in [0.3, 0.4) is 0 Å². The minimum atomic E-state index is -1.78. The summed E-state index contributed by atoms with van der Waals surface area (Å²) in [6.45, 7) is -0.146. The maximum absolute atomic E-state index is 14.5. The Balaban J connectivity index is 1.43. The average Bonchev–Trinajstić information content (AvgIpc) is 3.46. The number of aromatic nitrogens is 5. The van der Waals surface area contributed by atoms with Gasteiger partial charge in [0.05, 0.1) is 6.54 Å². The van der Waals surface area contributed by atoms with Crippen LogP contribution in [0.4, 0.5) is 28.8 Å². The van der Waals surface area contributed by atoms with E-state index in [2.05, 4.69) is 30.9 Å². The van der Waals surface area contributed by atoms with Crippen LogP contribution < -0.4 is 10.6 Å². The minimum absolute atomic E-state index is 0.0776. The molecule has 3 N–H and O–H groups in total. The summed E-state index contributed by atoms with van der Waals surface area (Å²) in [5.41, 5.74) is -1.51. The minimum Gasteiger partial charge on any atom is -0.382 e. The molecule has 2 aromatic carbocycles. The molecule has 1 unspecified atom stereocenters. The monoisotopic (exact) mass is 507 g/mol. The SMILES string of the molecule is O=C(Nc1ccc(F)cc1)Nc1nnc(SCC(O)(Cn2cncn2)c2ccc(F)cc2F)s1. The van der Waals surface area contributed by atoms with E-state index in [9.17, 15) is 23.1 Å². The summed E-state index contributed by atoms with van der Waals surface area (Å²) in [7, 11) is 0. The standard InChI is InChI=1S/C20H16F3N7O2S2/c21-12-1-4-14(5-2-12)26-17(31)27-18-28-29-19(34-18)33-9-20(32,8-30-11-24-10-25-30)15-6-3-13(22)7-16(15)23/h1-7,10-11,32H,8-9H2,(H2,26,27,28,31). The lowest BCUT2D eigenvalue weighted by Gasteiger charge is -2.28. The van der Waals surface area contributed by atoms with Crippen LogP contribution in [-0.4, -0.2) is 41.9 Å². The normalized spacial score (nSPS) is 12.8. The van der Waals surface area contributed by atoms with E-state index >= 15 is 0 Å². The number of halogens is 3. The molecule has 0 fully saturated rings. The van der Waals surface area contributed by atoms with Gasteiger partial charge in [0.1, 0.15) is 35.7 Å². The summed E-state index contributed by atoms with van der Waals surface area (Å²) < 4.78 is 42.6. The summed E-state index contributed by atoms with van der Waals surface area (Å²) in [6.07, 6.45) is 2.64. The van der Waals surface area contributed by atoms with Crippen LogP contribution in [0.15, 0.2) is 59.5 Å². The third kappa shape index (κ3) is 5.89. The first-order valence-electron chi connectivity index (χ1n) is 9.61. The molecule has 0 spiro atoms. The molecule has 34 heavy (non-hydrogen) atoms. The van der Waals surface area contributed by atoms with E-state index in [0.29, 0.717) is 16.1 Å². The predicted molar refractivity (Wildman–Crippen MR) is 120 cm³/mol. The van der Waals surface area contributed by atoms with Crippen molar-refractivity contribution in [1.82, 2.24) is 25.0 Å². The Hall–Kier alpha value is -3.49. The van der Waals surface area contributed by atoms with Gasteiger partial charge in [-0.25, -0.2) is 27.6 Å². The Morgan fingerprint density at radius 2 is 1.85 bits per heavy atom. The van der Waals surface area contributed by atoms with Gasteiger partial charge in [0, 0.05) is 23.1 Å². The number of urea groups is 1. The number of anilines is 2. The Kier molecular flexibility index (Phi) is 7.09. The smallest absolute Gasteiger partial charge is 0.325 e. The van der Waals surface area contributed by atoms with Gasteiger partial charge in [0.2, 0.25) is 5.13 Å². The van der Waals surface area contributed by atoms with Gasteiger partial charge in [-0.05, 0) is 30.3 Å². The second-order valence-electron chi connectivity index (χ2n) is 7.00. The van der Waals surface area contributed by atoms with Gasteiger partial charge < -0.3 is 10.4 Å². The number of carbonyl (C=O) groups is 1. The molecule has 2 heterocycles. The van der Waals surface area contributed by atoms with Crippen molar-refractivity contribution in [3.05, 3.63) is 78.1 Å². The van der Waals surface area contributed by atoms with E-state index in [0.717, 1.165) is 29.2 Å². The molecule has 1 atom stereocenters. The van der Waals surface area contributed by atoms with E-state index in [1.165, 1.54) is 47.7 Å². The third-order valence-electron chi connectivity index (χ3n) is 4.49. The summed E-state index contributed by atoms with van der Waals surface area (Å²) in [6, 6.07) is 7.55. The van der Waals surface area contributed by atoms with Gasteiger partial charge in [-0.2, -0.15) is 5.10 Å². The summed E-state index contributed by atoms with van der Waals surface area (Å²) in [5, 5.41) is 28.3. The molecule has 2 amide bonds. The number of rotatable bonds is 8. The van der Waals surface area contributed by atoms with Crippen molar-refractivity contribution in [2.24, 2.45) is 0 Å². The quantitative estimate of drug-likeness (QED) is 0.245. The molecular formula is C20H16F3N7O2S2. The molecule has 4 aromatic rings. The maximum Gasteiger partial charge on any atom is 0.325 e. The van der Waals surface area contributed by atoms with Crippen molar-refractivity contribution in [3.8, 4) is 0 Å². The molecule has 0 saturated heterocycles. The van der Waals surface area contributed by atoms with Crippen LogP contribution in [0.5, 0.6) is 0 Å². The number of aliphatic hydroxyl groups is 1. The Morgan fingerprint density at radius 1 is 1.09 bits per heavy atom. The molecule has 9 nitrogen and oxygen atoms in total. The van der Waals surface area contributed by atoms with Crippen LogP contribution in [-0.2, 0) is 12.1 Å². The van der Waals surface area contributed by atoms with Crippen LogP contribution >= 0.6 is 23.1 Å². The van der Waals surface area contributed by atoms with Crippen molar-refractivity contribution in [3.63, 3.8) is 0 Å². The van der Waals surface area contributed by atoms with Crippen LogP contribution in [0.1, 0.15) is 5.56 Å². The second kappa shape index (κ2) is 10.2.